The number of allylic oxidation sites excluding steroid dienone is 1. The van der Waals surface area contributed by atoms with E-state index >= 15 is 0 Å². The molecular weight excluding hydrogens is 283 g/mol. The third-order valence-electron chi connectivity index (χ3n) is 3.32. The molecule has 0 aliphatic carbocycles. The Hall–Kier alpha value is -1.98. The van der Waals surface area contributed by atoms with Crippen LogP contribution in [-0.2, 0) is 22.3 Å². The van der Waals surface area contributed by atoms with Crippen LogP contribution in [0.2, 0.25) is 0 Å². The van der Waals surface area contributed by atoms with Gasteiger partial charge in [0, 0.05) is 6.54 Å². The molecule has 2 rings (SSSR count). The number of nitrogens with one attached hydrogen (secondary N) is 1. The van der Waals surface area contributed by atoms with E-state index in [4.69, 9.17) is 4.74 Å². The summed E-state index contributed by atoms with van der Waals surface area (Å²) in [7, 11) is 0. The molecule has 0 unspecified atom stereocenters. The molecule has 1 heterocycles. The number of carbonyl (C=O) groups is 1. The number of halogens is 3. The fraction of sp³-hybridized carbons (Fsp3) is 0.400. The second-order valence-electron chi connectivity index (χ2n) is 4.86. The first-order valence-corrected chi connectivity index (χ1v) is 6.65. The van der Waals surface area contributed by atoms with Crippen LogP contribution in [-0.4, -0.2) is 12.5 Å². The van der Waals surface area contributed by atoms with E-state index in [1.807, 2.05) is 0 Å². The Kier molecular flexibility index (Phi) is 4.55. The summed E-state index contributed by atoms with van der Waals surface area (Å²) in [5.41, 5.74) is 0.524. The lowest BCUT2D eigenvalue weighted by molar-refractivity contribution is -0.137. The van der Waals surface area contributed by atoms with Gasteiger partial charge in [0.2, 0.25) is 0 Å². The van der Waals surface area contributed by atoms with Gasteiger partial charge in [0.05, 0.1) is 17.7 Å². The molecule has 21 heavy (non-hydrogen) atoms. The number of alkyl halides is 3. The highest BCUT2D eigenvalue weighted by Gasteiger charge is 2.29. The van der Waals surface area contributed by atoms with E-state index in [1.54, 1.807) is 6.92 Å². The molecule has 0 spiro atoms. The quantitative estimate of drug-likeness (QED) is 0.929. The van der Waals surface area contributed by atoms with Crippen LogP contribution in [0.1, 0.15) is 30.9 Å². The molecule has 1 aromatic carbocycles. The number of rotatable bonds is 3. The maximum Gasteiger partial charge on any atom is 0.416 e. The van der Waals surface area contributed by atoms with Gasteiger partial charge in [-0.1, -0.05) is 12.1 Å². The average Bonchev–Trinajstić information content (AvgIpc) is 2.45. The third kappa shape index (κ3) is 4.00. The number of ether oxygens (including phenoxy) is 1. The molecule has 0 bridgehead atoms. The molecule has 1 aliphatic rings. The van der Waals surface area contributed by atoms with Crippen molar-refractivity contribution in [1.82, 2.24) is 5.32 Å². The Morgan fingerprint density at radius 1 is 1.29 bits per heavy atom. The average molecular weight is 299 g/mol. The predicted molar refractivity (Wildman–Crippen MR) is 71.2 cm³/mol. The molecule has 1 N–H and O–H groups in total. The molecule has 0 fully saturated rings. The largest absolute Gasteiger partial charge is 0.498 e. The predicted octanol–water partition coefficient (Wildman–Crippen LogP) is 3.41. The first kappa shape index (κ1) is 15.4. The highest BCUT2D eigenvalue weighted by molar-refractivity contribution is 5.93. The van der Waals surface area contributed by atoms with Crippen molar-refractivity contribution in [3.05, 3.63) is 46.7 Å². The van der Waals surface area contributed by atoms with E-state index in [2.05, 4.69) is 5.32 Å². The highest BCUT2D eigenvalue weighted by Crippen LogP contribution is 2.29. The van der Waals surface area contributed by atoms with Crippen LogP contribution in [0.15, 0.2) is 35.6 Å². The molecule has 0 radical (unpaired) electrons. The van der Waals surface area contributed by atoms with Gasteiger partial charge >= 0.3 is 6.18 Å². The van der Waals surface area contributed by atoms with Gasteiger partial charge in [-0.05, 0) is 37.5 Å². The van der Waals surface area contributed by atoms with Crippen LogP contribution in [0.5, 0.6) is 0 Å². The van der Waals surface area contributed by atoms with E-state index in [9.17, 15) is 18.0 Å². The standard InChI is InChI=1S/C15H16F3NO2/c1-10-13(3-2-8-21-10)14(20)19-9-11-4-6-12(7-5-11)15(16,17)18/h4-7H,2-3,8-9H2,1H3,(H,19,20). The number of carbonyl (C=O) groups excluding carboxylic acids is 1. The zero-order valence-corrected chi connectivity index (χ0v) is 11.6. The number of hydrogen-bond donors (Lipinski definition) is 1. The third-order valence-corrected chi connectivity index (χ3v) is 3.32. The van der Waals surface area contributed by atoms with Gasteiger partial charge in [-0.2, -0.15) is 13.2 Å². The lowest BCUT2D eigenvalue weighted by atomic mass is 10.1. The SMILES string of the molecule is CC1=C(C(=O)NCc2ccc(C(F)(F)F)cc2)CCCO1. The van der Waals surface area contributed by atoms with Crippen molar-refractivity contribution in [1.29, 1.82) is 0 Å². The van der Waals surface area contributed by atoms with Crippen molar-refractivity contribution >= 4 is 5.91 Å². The second-order valence-corrected chi connectivity index (χ2v) is 4.86. The summed E-state index contributed by atoms with van der Waals surface area (Å²) in [6.45, 7) is 2.54. The summed E-state index contributed by atoms with van der Waals surface area (Å²) in [5, 5.41) is 2.70. The molecule has 0 saturated heterocycles. The highest BCUT2D eigenvalue weighted by atomic mass is 19.4. The summed E-state index contributed by atoms with van der Waals surface area (Å²) in [5.74, 6) is 0.387. The Morgan fingerprint density at radius 2 is 1.95 bits per heavy atom. The van der Waals surface area contributed by atoms with Gasteiger partial charge in [-0.25, -0.2) is 0 Å². The molecule has 0 saturated carbocycles. The van der Waals surface area contributed by atoms with Gasteiger partial charge in [-0.15, -0.1) is 0 Å². The van der Waals surface area contributed by atoms with E-state index in [-0.39, 0.29) is 12.5 Å². The van der Waals surface area contributed by atoms with Gasteiger partial charge in [0.25, 0.3) is 5.91 Å². The first-order valence-electron chi connectivity index (χ1n) is 6.65. The summed E-state index contributed by atoms with van der Waals surface area (Å²) in [6, 6.07) is 4.74. The molecule has 1 aromatic rings. The lowest BCUT2D eigenvalue weighted by Crippen LogP contribution is -2.27. The molecule has 114 valence electrons. The van der Waals surface area contributed by atoms with Gasteiger partial charge in [0.1, 0.15) is 5.76 Å². The van der Waals surface area contributed by atoms with Crippen LogP contribution in [0.4, 0.5) is 13.2 Å². The van der Waals surface area contributed by atoms with Crippen LogP contribution in [0.25, 0.3) is 0 Å². The number of amides is 1. The lowest BCUT2D eigenvalue weighted by Gasteiger charge is -2.18. The van der Waals surface area contributed by atoms with E-state index in [0.717, 1.165) is 18.6 Å². The van der Waals surface area contributed by atoms with E-state index in [1.165, 1.54) is 12.1 Å². The zero-order valence-electron chi connectivity index (χ0n) is 11.6. The van der Waals surface area contributed by atoms with Crippen molar-refractivity contribution in [2.75, 3.05) is 6.61 Å². The summed E-state index contributed by atoms with van der Waals surface area (Å²) < 4.78 is 42.6. The van der Waals surface area contributed by atoms with Crippen LogP contribution >= 0.6 is 0 Å². The molecule has 3 nitrogen and oxygen atoms in total. The Balaban J connectivity index is 1.95. The topological polar surface area (TPSA) is 38.3 Å². The Bertz CT molecular complexity index is 547. The minimum Gasteiger partial charge on any atom is -0.498 e. The fourth-order valence-electron chi connectivity index (χ4n) is 2.11. The molecule has 6 heteroatoms. The minimum atomic E-state index is -4.34. The van der Waals surface area contributed by atoms with Crippen LogP contribution in [0, 0.1) is 0 Å². The van der Waals surface area contributed by atoms with Crippen LogP contribution < -0.4 is 5.32 Å². The number of benzene rings is 1. The minimum absolute atomic E-state index is 0.188. The fourth-order valence-corrected chi connectivity index (χ4v) is 2.11. The smallest absolute Gasteiger partial charge is 0.416 e. The van der Waals surface area contributed by atoms with Crippen molar-refractivity contribution in [2.45, 2.75) is 32.5 Å². The summed E-state index contributed by atoms with van der Waals surface area (Å²) in [4.78, 5) is 12.0. The Labute approximate surface area is 120 Å². The van der Waals surface area contributed by atoms with Gasteiger partial charge < -0.3 is 10.1 Å². The van der Waals surface area contributed by atoms with Gasteiger partial charge in [0.15, 0.2) is 0 Å². The Morgan fingerprint density at radius 3 is 2.52 bits per heavy atom. The molecule has 0 aromatic heterocycles. The summed E-state index contributed by atoms with van der Waals surface area (Å²) in [6.07, 6.45) is -2.89. The van der Waals surface area contributed by atoms with E-state index in [0.29, 0.717) is 29.9 Å². The first-order chi connectivity index (χ1) is 9.88. The molecule has 0 atom stereocenters. The number of hydrogen-bond acceptors (Lipinski definition) is 2. The van der Waals surface area contributed by atoms with Crippen LogP contribution in [0.3, 0.4) is 0 Å². The van der Waals surface area contributed by atoms with Gasteiger partial charge in [-0.3, -0.25) is 4.79 Å². The maximum atomic E-state index is 12.4. The zero-order chi connectivity index (χ0) is 15.5. The van der Waals surface area contributed by atoms with E-state index < -0.39 is 11.7 Å². The summed E-state index contributed by atoms with van der Waals surface area (Å²) >= 11 is 0. The van der Waals surface area contributed by atoms with Crippen molar-refractivity contribution < 1.29 is 22.7 Å². The molecule has 1 aliphatic heterocycles. The second kappa shape index (κ2) is 6.20. The molecule has 1 amide bonds. The monoisotopic (exact) mass is 299 g/mol. The van der Waals surface area contributed by atoms with Crippen molar-refractivity contribution in [3.63, 3.8) is 0 Å². The normalized spacial score (nSPS) is 15.6. The molecular formula is C15H16F3NO2. The maximum absolute atomic E-state index is 12.4. The van der Waals surface area contributed by atoms with Crippen molar-refractivity contribution in [3.8, 4) is 0 Å². The van der Waals surface area contributed by atoms with Crippen molar-refractivity contribution in [2.24, 2.45) is 0 Å².